The smallest absolute Gasteiger partial charge is 0.231 e. The van der Waals surface area contributed by atoms with E-state index in [2.05, 4.69) is 36.5 Å². The van der Waals surface area contributed by atoms with Crippen molar-refractivity contribution in [1.82, 2.24) is 5.32 Å². The van der Waals surface area contributed by atoms with Crippen LogP contribution in [0.2, 0.25) is 0 Å². The molecule has 0 radical (unpaired) electrons. The molecule has 3 heteroatoms. The van der Waals surface area contributed by atoms with Crippen molar-refractivity contribution in [2.75, 3.05) is 18.0 Å². The summed E-state index contributed by atoms with van der Waals surface area (Å²) in [6, 6.07) is 14.7. The van der Waals surface area contributed by atoms with Gasteiger partial charge in [-0.1, -0.05) is 36.4 Å². The first kappa shape index (κ1) is 14.1. The van der Waals surface area contributed by atoms with E-state index in [-0.39, 0.29) is 17.9 Å². The summed E-state index contributed by atoms with van der Waals surface area (Å²) in [6.07, 6.45) is 0.932. The molecule has 0 spiro atoms. The number of amides is 1. The van der Waals surface area contributed by atoms with Crippen LogP contribution in [0.15, 0.2) is 42.5 Å². The van der Waals surface area contributed by atoms with E-state index in [1.807, 2.05) is 30.0 Å². The molecule has 0 bridgehead atoms. The second-order valence-corrected chi connectivity index (χ2v) is 5.72. The van der Waals surface area contributed by atoms with Crippen LogP contribution >= 0.6 is 0 Å². The van der Waals surface area contributed by atoms with Gasteiger partial charge in [-0.3, -0.25) is 4.79 Å². The maximum atomic E-state index is 12.9. The van der Waals surface area contributed by atoms with Crippen molar-refractivity contribution >= 4 is 22.4 Å². The number of anilines is 1. The highest BCUT2D eigenvalue weighted by molar-refractivity contribution is 6.04. The molecule has 3 nitrogen and oxygen atoms in total. The molecule has 0 aromatic heterocycles. The Morgan fingerprint density at radius 2 is 2.00 bits per heavy atom. The molecule has 1 amide bonds. The molecule has 2 aromatic carbocycles. The van der Waals surface area contributed by atoms with E-state index in [9.17, 15) is 4.79 Å². The van der Waals surface area contributed by atoms with Crippen LogP contribution in [-0.2, 0) is 4.79 Å². The van der Waals surface area contributed by atoms with Gasteiger partial charge in [-0.05, 0) is 38.3 Å². The Morgan fingerprint density at radius 3 is 2.71 bits per heavy atom. The van der Waals surface area contributed by atoms with Crippen LogP contribution in [0.4, 0.5) is 5.69 Å². The van der Waals surface area contributed by atoms with E-state index in [0.29, 0.717) is 6.54 Å². The third-order valence-corrected chi connectivity index (χ3v) is 4.48. The standard InChI is InChI=1S/C18H22N2O/c1-3-20(18(21)15-11-12-19-13(15)2)17-10-6-8-14-7-4-5-9-16(14)17/h4-10,13,15,19H,3,11-12H2,1-2H3. The quantitative estimate of drug-likeness (QED) is 0.937. The molecule has 1 heterocycles. The zero-order valence-electron chi connectivity index (χ0n) is 12.7. The molecule has 110 valence electrons. The molecule has 1 saturated heterocycles. The fraction of sp³-hybridized carbons (Fsp3) is 0.389. The number of hydrogen-bond acceptors (Lipinski definition) is 2. The Morgan fingerprint density at radius 1 is 1.24 bits per heavy atom. The summed E-state index contributed by atoms with van der Waals surface area (Å²) in [4.78, 5) is 14.9. The number of nitrogens with one attached hydrogen (secondary N) is 1. The van der Waals surface area contributed by atoms with E-state index >= 15 is 0 Å². The van der Waals surface area contributed by atoms with Gasteiger partial charge in [-0.15, -0.1) is 0 Å². The van der Waals surface area contributed by atoms with E-state index in [0.717, 1.165) is 24.0 Å². The van der Waals surface area contributed by atoms with Crippen molar-refractivity contribution in [1.29, 1.82) is 0 Å². The van der Waals surface area contributed by atoms with Gasteiger partial charge in [-0.2, -0.15) is 0 Å². The van der Waals surface area contributed by atoms with Gasteiger partial charge in [0.05, 0.1) is 11.6 Å². The lowest BCUT2D eigenvalue weighted by molar-refractivity contribution is -0.122. The topological polar surface area (TPSA) is 32.3 Å². The van der Waals surface area contributed by atoms with Gasteiger partial charge in [0.2, 0.25) is 5.91 Å². The highest BCUT2D eigenvalue weighted by Crippen LogP contribution is 2.29. The fourth-order valence-corrected chi connectivity index (χ4v) is 3.28. The summed E-state index contributed by atoms with van der Waals surface area (Å²) in [5.74, 6) is 0.329. The summed E-state index contributed by atoms with van der Waals surface area (Å²) in [5.41, 5.74) is 1.03. The van der Waals surface area contributed by atoms with Crippen LogP contribution < -0.4 is 10.2 Å². The summed E-state index contributed by atoms with van der Waals surface area (Å²) in [6.45, 7) is 5.79. The molecule has 0 aliphatic carbocycles. The third-order valence-electron chi connectivity index (χ3n) is 4.48. The third kappa shape index (κ3) is 2.54. The van der Waals surface area contributed by atoms with Crippen LogP contribution in [-0.4, -0.2) is 25.0 Å². The Bertz CT molecular complexity index is 647. The minimum Gasteiger partial charge on any atom is -0.313 e. The summed E-state index contributed by atoms with van der Waals surface area (Å²) >= 11 is 0. The maximum Gasteiger partial charge on any atom is 0.231 e. The summed E-state index contributed by atoms with van der Waals surface area (Å²) < 4.78 is 0. The SMILES string of the molecule is CCN(C(=O)C1CCNC1C)c1cccc2ccccc12. The van der Waals surface area contributed by atoms with Crippen molar-refractivity contribution in [3.05, 3.63) is 42.5 Å². The summed E-state index contributed by atoms with van der Waals surface area (Å²) in [5, 5.41) is 5.70. The average molecular weight is 282 g/mol. The van der Waals surface area contributed by atoms with E-state index in [1.54, 1.807) is 0 Å². The van der Waals surface area contributed by atoms with Crippen LogP contribution in [0.3, 0.4) is 0 Å². The number of fused-ring (bicyclic) bond motifs is 1. The van der Waals surface area contributed by atoms with Crippen molar-refractivity contribution in [2.45, 2.75) is 26.3 Å². The molecule has 1 aliphatic rings. The Hall–Kier alpha value is -1.87. The molecule has 1 aliphatic heterocycles. The molecule has 1 N–H and O–H groups in total. The molecule has 2 atom stereocenters. The Balaban J connectivity index is 2.00. The average Bonchev–Trinajstić information content (AvgIpc) is 2.94. The predicted octanol–water partition coefficient (Wildman–Crippen LogP) is 3.19. The lowest BCUT2D eigenvalue weighted by atomic mass is 9.99. The van der Waals surface area contributed by atoms with Crippen LogP contribution in [0.25, 0.3) is 10.8 Å². The fourth-order valence-electron chi connectivity index (χ4n) is 3.28. The largest absolute Gasteiger partial charge is 0.313 e. The van der Waals surface area contributed by atoms with Gasteiger partial charge in [0, 0.05) is 18.0 Å². The van der Waals surface area contributed by atoms with Gasteiger partial charge in [0.1, 0.15) is 0 Å². The molecular formula is C18H22N2O. The first-order chi connectivity index (χ1) is 10.2. The molecule has 3 rings (SSSR count). The van der Waals surface area contributed by atoms with Crippen molar-refractivity contribution in [3.63, 3.8) is 0 Å². The normalized spacial score (nSPS) is 21.6. The van der Waals surface area contributed by atoms with Gasteiger partial charge in [-0.25, -0.2) is 0 Å². The lowest BCUT2D eigenvalue weighted by Gasteiger charge is -2.27. The van der Waals surface area contributed by atoms with Crippen LogP contribution in [0, 0.1) is 5.92 Å². The molecule has 1 fully saturated rings. The maximum absolute atomic E-state index is 12.9. The van der Waals surface area contributed by atoms with Crippen LogP contribution in [0.5, 0.6) is 0 Å². The van der Waals surface area contributed by atoms with Crippen molar-refractivity contribution in [2.24, 2.45) is 5.92 Å². The second kappa shape index (κ2) is 5.86. The van der Waals surface area contributed by atoms with Crippen LogP contribution in [0.1, 0.15) is 20.3 Å². The van der Waals surface area contributed by atoms with E-state index < -0.39 is 0 Å². The minimum atomic E-state index is 0.0870. The van der Waals surface area contributed by atoms with E-state index in [1.165, 1.54) is 5.39 Å². The predicted molar refractivity (Wildman–Crippen MR) is 87.5 cm³/mol. The van der Waals surface area contributed by atoms with Crippen molar-refractivity contribution < 1.29 is 4.79 Å². The Labute approximate surface area is 125 Å². The number of rotatable bonds is 3. The first-order valence-electron chi connectivity index (χ1n) is 7.75. The zero-order chi connectivity index (χ0) is 14.8. The van der Waals surface area contributed by atoms with Gasteiger partial charge >= 0.3 is 0 Å². The lowest BCUT2D eigenvalue weighted by Crippen LogP contribution is -2.40. The second-order valence-electron chi connectivity index (χ2n) is 5.72. The van der Waals surface area contributed by atoms with Gasteiger partial charge in [0.25, 0.3) is 0 Å². The Kier molecular flexibility index (Phi) is 3.93. The number of benzene rings is 2. The monoisotopic (exact) mass is 282 g/mol. The number of carbonyl (C=O) groups excluding carboxylic acids is 1. The molecule has 2 aromatic rings. The highest BCUT2D eigenvalue weighted by Gasteiger charge is 2.33. The highest BCUT2D eigenvalue weighted by atomic mass is 16.2. The minimum absolute atomic E-state index is 0.0870. The number of nitrogens with zero attached hydrogens (tertiary/aromatic N) is 1. The molecule has 2 unspecified atom stereocenters. The number of hydrogen-bond donors (Lipinski definition) is 1. The van der Waals surface area contributed by atoms with Gasteiger partial charge in [0.15, 0.2) is 0 Å². The molecule has 21 heavy (non-hydrogen) atoms. The molecular weight excluding hydrogens is 260 g/mol. The van der Waals surface area contributed by atoms with Crippen molar-refractivity contribution in [3.8, 4) is 0 Å². The number of carbonyl (C=O) groups is 1. The van der Waals surface area contributed by atoms with Gasteiger partial charge < -0.3 is 10.2 Å². The summed E-state index contributed by atoms with van der Waals surface area (Å²) in [7, 11) is 0. The van der Waals surface area contributed by atoms with E-state index in [4.69, 9.17) is 0 Å². The zero-order valence-corrected chi connectivity index (χ0v) is 12.7. The molecule has 0 saturated carbocycles. The first-order valence-corrected chi connectivity index (χ1v) is 7.75.